The molecule has 0 atom stereocenters. The summed E-state index contributed by atoms with van der Waals surface area (Å²) < 4.78 is 0. The number of nitrogens with one attached hydrogen (secondary N) is 2. The highest BCUT2D eigenvalue weighted by Gasteiger charge is 2.09. The van der Waals surface area contributed by atoms with Crippen molar-refractivity contribution < 1.29 is 4.79 Å². The summed E-state index contributed by atoms with van der Waals surface area (Å²) in [5.74, 6) is 0.148. The molecule has 1 aromatic rings. The second-order valence-corrected chi connectivity index (χ2v) is 4.16. The second-order valence-electron chi connectivity index (χ2n) is 3.89. The predicted molar refractivity (Wildman–Crippen MR) is 69.4 cm³/mol. The van der Waals surface area contributed by atoms with Gasteiger partial charge in [-0.15, -0.1) is 11.6 Å². The average Bonchev–Trinajstić information content (AvgIpc) is 2.28. The minimum atomic E-state index is -0.184. The van der Waals surface area contributed by atoms with E-state index >= 15 is 0 Å². The second kappa shape index (κ2) is 5.75. The molecule has 0 fully saturated rings. The van der Waals surface area contributed by atoms with E-state index in [0.717, 1.165) is 16.9 Å². The number of carbonyl (C=O) groups excluding carboxylic acids is 1. The molecule has 0 bridgehead atoms. The van der Waals surface area contributed by atoms with Crippen molar-refractivity contribution in [1.29, 1.82) is 0 Å². The van der Waals surface area contributed by atoms with Crippen molar-refractivity contribution in [3.05, 3.63) is 23.8 Å². The molecule has 0 saturated heterocycles. The molecule has 1 rings (SSSR count). The zero-order valence-electron chi connectivity index (χ0n) is 9.80. The van der Waals surface area contributed by atoms with Gasteiger partial charge in [0.15, 0.2) is 0 Å². The van der Waals surface area contributed by atoms with Gasteiger partial charge in [0.2, 0.25) is 5.91 Å². The van der Waals surface area contributed by atoms with Crippen LogP contribution in [-0.2, 0) is 4.79 Å². The standard InChI is InChI=1S/C12H17ClN2O/c1-8(2)10-5-4-9(14-3)6-11(10)15-12(16)7-13/h4-6,8,14H,7H2,1-3H3,(H,15,16). The third-order valence-electron chi connectivity index (χ3n) is 2.36. The van der Waals surface area contributed by atoms with Gasteiger partial charge in [-0.05, 0) is 23.6 Å². The highest BCUT2D eigenvalue weighted by atomic mass is 35.5. The number of amides is 1. The summed E-state index contributed by atoms with van der Waals surface area (Å²) in [6.07, 6.45) is 0. The molecule has 88 valence electrons. The molecule has 1 aromatic carbocycles. The van der Waals surface area contributed by atoms with E-state index in [1.807, 2.05) is 25.2 Å². The van der Waals surface area contributed by atoms with Gasteiger partial charge in [-0.3, -0.25) is 4.79 Å². The lowest BCUT2D eigenvalue weighted by Crippen LogP contribution is -2.14. The van der Waals surface area contributed by atoms with Crippen molar-refractivity contribution in [3.8, 4) is 0 Å². The number of benzene rings is 1. The van der Waals surface area contributed by atoms with Gasteiger partial charge in [0, 0.05) is 18.4 Å². The zero-order valence-corrected chi connectivity index (χ0v) is 10.6. The minimum Gasteiger partial charge on any atom is -0.388 e. The van der Waals surface area contributed by atoms with E-state index in [4.69, 9.17) is 11.6 Å². The first-order chi connectivity index (χ1) is 7.58. The van der Waals surface area contributed by atoms with Crippen LogP contribution in [0.3, 0.4) is 0 Å². The van der Waals surface area contributed by atoms with Crippen molar-refractivity contribution in [1.82, 2.24) is 0 Å². The Morgan fingerprint density at radius 3 is 2.62 bits per heavy atom. The Labute approximate surface area is 101 Å². The molecule has 4 heteroatoms. The smallest absolute Gasteiger partial charge is 0.239 e. The molecule has 0 radical (unpaired) electrons. The molecule has 3 nitrogen and oxygen atoms in total. The van der Waals surface area contributed by atoms with E-state index in [1.165, 1.54) is 0 Å². The van der Waals surface area contributed by atoms with E-state index in [0.29, 0.717) is 5.92 Å². The van der Waals surface area contributed by atoms with Crippen LogP contribution in [0.2, 0.25) is 0 Å². The first-order valence-electron chi connectivity index (χ1n) is 5.26. The topological polar surface area (TPSA) is 41.1 Å². The van der Waals surface area contributed by atoms with Crippen LogP contribution in [0.5, 0.6) is 0 Å². The van der Waals surface area contributed by atoms with Crippen LogP contribution in [0.15, 0.2) is 18.2 Å². The molecular weight excluding hydrogens is 224 g/mol. The summed E-state index contributed by atoms with van der Waals surface area (Å²) in [7, 11) is 1.84. The van der Waals surface area contributed by atoms with E-state index in [-0.39, 0.29) is 11.8 Å². The van der Waals surface area contributed by atoms with Crippen molar-refractivity contribution in [2.75, 3.05) is 23.6 Å². The molecule has 0 aliphatic heterocycles. The monoisotopic (exact) mass is 240 g/mol. The minimum absolute atomic E-state index is 0.0265. The fourth-order valence-corrected chi connectivity index (χ4v) is 1.57. The number of anilines is 2. The molecule has 16 heavy (non-hydrogen) atoms. The molecule has 0 aliphatic carbocycles. The fourth-order valence-electron chi connectivity index (χ4n) is 1.51. The Balaban J connectivity index is 3.05. The van der Waals surface area contributed by atoms with Crippen molar-refractivity contribution in [3.63, 3.8) is 0 Å². The van der Waals surface area contributed by atoms with Crippen molar-refractivity contribution >= 4 is 28.9 Å². The maximum Gasteiger partial charge on any atom is 0.239 e. The lowest BCUT2D eigenvalue weighted by atomic mass is 10.0. The lowest BCUT2D eigenvalue weighted by molar-refractivity contribution is -0.113. The Bertz CT molecular complexity index is 377. The van der Waals surface area contributed by atoms with Crippen LogP contribution in [0, 0.1) is 0 Å². The summed E-state index contributed by atoms with van der Waals surface area (Å²) in [5.41, 5.74) is 2.90. The third-order valence-corrected chi connectivity index (χ3v) is 2.60. The lowest BCUT2D eigenvalue weighted by Gasteiger charge is -2.15. The largest absolute Gasteiger partial charge is 0.388 e. The van der Waals surface area contributed by atoms with E-state index < -0.39 is 0 Å². The van der Waals surface area contributed by atoms with Gasteiger partial charge in [0.25, 0.3) is 0 Å². The highest BCUT2D eigenvalue weighted by molar-refractivity contribution is 6.29. The number of rotatable bonds is 4. The maximum absolute atomic E-state index is 11.3. The van der Waals surface area contributed by atoms with Gasteiger partial charge in [-0.1, -0.05) is 19.9 Å². The van der Waals surface area contributed by atoms with Crippen LogP contribution in [-0.4, -0.2) is 18.8 Å². The molecule has 1 amide bonds. The SMILES string of the molecule is CNc1ccc(C(C)C)c(NC(=O)CCl)c1. The Morgan fingerprint density at radius 1 is 1.44 bits per heavy atom. The molecular formula is C12H17ClN2O. The van der Waals surface area contributed by atoms with E-state index in [9.17, 15) is 4.79 Å². The molecule has 0 saturated carbocycles. The quantitative estimate of drug-likeness (QED) is 0.795. The number of hydrogen-bond donors (Lipinski definition) is 2. The van der Waals surface area contributed by atoms with Crippen LogP contribution >= 0.6 is 11.6 Å². The highest BCUT2D eigenvalue weighted by Crippen LogP contribution is 2.27. The number of hydrogen-bond acceptors (Lipinski definition) is 2. The fraction of sp³-hybridized carbons (Fsp3) is 0.417. The zero-order chi connectivity index (χ0) is 12.1. The van der Waals surface area contributed by atoms with Gasteiger partial charge in [0.1, 0.15) is 5.88 Å². The number of halogens is 1. The van der Waals surface area contributed by atoms with Crippen LogP contribution < -0.4 is 10.6 Å². The average molecular weight is 241 g/mol. The molecule has 0 aliphatic rings. The van der Waals surface area contributed by atoms with Gasteiger partial charge in [-0.25, -0.2) is 0 Å². The maximum atomic E-state index is 11.3. The van der Waals surface area contributed by atoms with Gasteiger partial charge in [0.05, 0.1) is 0 Å². The van der Waals surface area contributed by atoms with E-state index in [1.54, 1.807) is 0 Å². The summed E-state index contributed by atoms with van der Waals surface area (Å²) >= 11 is 5.48. The van der Waals surface area contributed by atoms with Gasteiger partial charge < -0.3 is 10.6 Å². The molecule has 2 N–H and O–H groups in total. The van der Waals surface area contributed by atoms with Crippen LogP contribution in [0.25, 0.3) is 0 Å². The Hall–Kier alpha value is -1.22. The van der Waals surface area contributed by atoms with Crippen molar-refractivity contribution in [2.24, 2.45) is 0 Å². The first kappa shape index (κ1) is 12.8. The third kappa shape index (κ3) is 3.14. The summed E-state index contributed by atoms with van der Waals surface area (Å²) in [6, 6.07) is 5.92. The van der Waals surface area contributed by atoms with E-state index in [2.05, 4.69) is 24.5 Å². The summed E-state index contributed by atoms with van der Waals surface area (Å²) in [5, 5.41) is 5.85. The number of carbonyl (C=O) groups is 1. The van der Waals surface area contributed by atoms with Gasteiger partial charge in [-0.2, -0.15) is 0 Å². The molecule has 0 aromatic heterocycles. The van der Waals surface area contributed by atoms with Crippen molar-refractivity contribution in [2.45, 2.75) is 19.8 Å². The van der Waals surface area contributed by atoms with Gasteiger partial charge >= 0.3 is 0 Å². The Morgan fingerprint density at radius 2 is 2.12 bits per heavy atom. The summed E-state index contributed by atoms with van der Waals surface area (Å²) in [6.45, 7) is 4.18. The predicted octanol–water partition coefficient (Wildman–Crippen LogP) is 3.03. The molecule has 0 unspecified atom stereocenters. The van der Waals surface area contributed by atoms with Crippen LogP contribution in [0.4, 0.5) is 11.4 Å². The van der Waals surface area contributed by atoms with Crippen LogP contribution in [0.1, 0.15) is 25.3 Å². The molecule has 0 heterocycles. The Kier molecular flexibility index (Phi) is 4.62. The number of alkyl halides is 1. The first-order valence-corrected chi connectivity index (χ1v) is 5.79. The normalized spacial score (nSPS) is 10.3. The summed E-state index contributed by atoms with van der Waals surface area (Å²) in [4.78, 5) is 11.3. The molecule has 0 spiro atoms.